The van der Waals surface area contributed by atoms with E-state index in [1.165, 1.54) is 32.1 Å². The van der Waals surface area contributed by atoms with E-state index < -0.39 is 0 Å². The molecule has 1 aromatic carbocycles. The van der Waals surface area contributed by atoms with Gasteiger partial charge in [0.2, 0.25) is 5.95 Å². The molecular formula is C24H31N5O2. The molecule has 0 saturated carbocycles. The molecule has 7 heteroatoms. The van der Waals surface area contributed by atoms with E-state index in [2.05, 4.69) is 9.80 Å². The Labute approximate surface area is 184 Å². The highest BCUT2D eigenvalue weighted by Gasteiger charge is 2.30. The Balaban J connectivity index is 1.46. The Hall–Kier alpha value is -2.83. The van der Waals surface area contributed by atoms with Crippen molar-refractivity contribution >= 4 is 17.7 Å². The third-order valence-electron chi connectivity index (χ3n) is 6.68. The summed E-state index contributed by atoms with van der Waals surface area (Å²) in [7, 11) is 1.63. The van der Waals surface area contributed by atoms with E-state index in [0.717, 1.165) is 55.6 Å². The Morgan fingerprint density at radius 3 is 2.45 bits per heavy atom. The summed E-state index contributed by atoms with van der Waals surface area (Å²) in [6.07, 6.45) is 6.87. The van der Waals surface area contributed by atoms with Crippen LogP contribution in [0.25, 0.3) is 0 Å². The molecule has 0 unspecified atom stereocenters. The number of ether oxygens (including phenoxy) is 1. The number of rotatable bonds is 4. The number of amides is 1. The van der Waals surface area contributed by atoms with E-state index in [0.29, 0.717) is 24.4 Å². The Morgan fingerprint density at radius 1 is 0.935 bits per heavy atom. The molecule has 7 nitrogen and oxygen atoms in total. The summed E-state index contributed by atoms with van der Waals surface area (Å²) in [4.78, 5) is 30.0. The molecule has 0 bridgehead atoms. The number of benzene rings is 1. The van der Waals surface area contributed by atoms with Crippen LogP contribution in [-0.2, 0) is 13.0 Å². The normalized spacial score (nSPS) is 18.8. The van der Waals surface area contributed by atoms with Gasteiger partial charge in [-0.2, -0.15) is 4.98 Å². The standard InChI is InChI=1S/C24H31N5O2/c1-31-19-9-7-8-18(16-19)23(30)29-15-10-21-20(17-29)22(27-11-3-2-4-12-27)26-24(25-21)28-13-5-6-14-28/h7-9,16H,2-6,10-15,17H2,1H3. The molecule has 2 aromatic rings. The SMILES string of the molecule is COc1cccc(C(=O)N2CCc3nc(N4CCCC4)nc(N4CCCCC4)c3C2)c1. The van der Waals surface area contributed by atoms with E-state index in [1.54, 1.807) is 7.11 Å². The minimum atomic E-state index is 0.0396. The molecule has 164 valence electrons. The van der Waals surface area contributed by atoms with Crippen molar-refractivity contribution in [2.24, 2.45) is 0 Å². The van der Waals surface area contributed by atoms with Crippen molar-refractivity contribution in [1.82, 2.24) is 14.9 Å². The van der Waals surface area contributed by atoms with E-state index in [4.69, 9.17) is 14.7 Å². The molecule has 0 aliphatic carbocycles. The predicted molar refractivity (Wildman–Crippen MR) is 121 cm³/mol. The lowest BCUT2D eigenvalue weighted by Crippen LogP contribution is -2.39. The van der Waals surface area contributed by atoms with Gasteiger partial charge in [-0.1, -0.05) is 6.07 Å². The average Bonchev–Trinajstić information content (AvgIpc) is 3.38. The van der Waals surface area contributed by atoms with Crippen LogP contribution in [0.15, 0.2) is 24.3 Å². The molecule has 0 radical (unpaired) electrons. The fraction of sp³-hybridized carbons (Fsp3) is 0.542. The van der Waals surface area contributed by atoms with Crippen LogP contribution in [0.5, 0.6) is 5.75 Å². The van der Waals surface area contributed by atoms with Crippen LogP contribution < -0.4 is 14.5 Å². The number of carbonyl (C=O) groups is 1. The van der Waals surface area contributed by atoms with Crippen molar-refractivity contribution in [2.45, 2.75) is 45.1 Å². The second-order valence-electron chi connectivity index (χ2n) is 8.72. The summed E-state index contributed by atoms with van der Waals surface area (Å²) in [5.74, 6) is 2.67. The van der Waals surface area contributed by atoms with Crippen LogP contribution >= 0.6 is 0 Å². The lowest BCUT2D eigenvalue weighted by atomic mass is 10.0. The van der Waals surface area contributed by atoms with E-state index >= 15 is 0 Å². The number of carbonyl (C=O) groups excluding carboxylic acids is 1. The molecule has 31 heavy (non-hydrogen) atoms. The Bertz CT molecular complexity index is 951. The van der Waals surface area contributed by atoms with Gasteiger partial charge in [0.05, 0.1) is 19.3 Å². The van der Waals surface area contributed by atoms with Crippen molar-refractivity contribution in [2.75, 3.05) is 49.6 Å². The van der Waals surface area contributed by atoms with Gasteiger partial charge in [0.15, 0.2) is 0 Å². The van der Waals surface area contributed by atoms with Crippen molar-refractivity contribution in [1.29, 1.82) is 0 Å². The van der Waals surface area contributed by atoms with Crippen molar-refractivity contribution in [3.63, 3.8) is 0 Å². The molecule has 1 aromatic heterocycles. The maximum Gasteiger partial charge on any atom is 0.254 e. The average molecular weight is 422 g/mol. The first-order chi connectivity index (χ1) is 15.2. The largest absolute Gasteiger partial charge is 0.497 e. The van der Waals surface area contributed by atoms with Crippen LogP contribution in [-0.4, -0.2) is 60.6 Å². The third kappa shape index (κ3) is 4.05. The van der Waals surface area contributed by atoms with Gasteiger partial charge < -0.3 is 19.4 Å². The molecule has 0 spiro atoms. The highest BCUT2D eigenvalue weighted by Crippen LogP contribution is 2.32. The fourth-order valence-corrected chi connectivity index (χ4v) is 4.92. The van der Waals surface area contributed by atoms with Gasteiger partial charge >= 0.3 is 0 Å². The van der Waals surface area contributed by atoms with Crippen LogP contribution in [0.4, 0.5) is 11.8 Å². The summed E-state index contributed by atoms with van der Waals surface area (Å²) in [6.45, 7) is 5.40. The fourth-order valence-electron chi connectivity index (χ4n) is 4.92. The second kappa shape index (κ2) is 8.73. The summed E-state index contributed by atoms with van der Waals surface area (Å²) in [5, 5.41) is 0. The van der Waals surface area contributed by atoms with Gasteiger partial charge in [-0.25, -0.2) is 4.98 Å². The molecule has 5 rings (SSSR count). The van der Waals surface area contributed by atoms with Crippen LogP contribution in [0.1, 0.15) is 53.7 Å². The molecular weight excluding hydrogens is 390 g/mol. The molecule has 4 heterocycles. The topological polar surface area (TPSA) is 61.8 Å². The second-order valence-corrected chi connectivity index (χ2v) is 8.72. The number of nitrogens with zero attached hydrogens (tertiary/aromatic N) is 5. The first-order valence-electron chi connectivity index (χ1n) is 11.6. The predicted octanol–water partition coefficient (Wildman–Crippen LogP) is 3.27. The minimum Gasteiger partial charge on any atom is -0.497 e. The van der Waals surface area contributed by atoms with Gasteiger partial charge in [0, 0.05) is 50.3 Å². The first kappa shape index (κ1) is 20.1. The van der Waals surface area contributed by atoms with Gasteiger partial charge in [0.25, 0.3) is 5.91 Å². The van der Waals surface area contributed by atoms with Crippen molar-refractivity contribution in [3.05, 3.63) is 41.1 Å². The number of hydrogen-bond donors (Lipinski definition) is 0. The number of fused-ring (bicyclic) bond motifs is 1. The van der Waals surface area contributed by atoms with Crippen LogP contribution in [0, 0.1) is 0 Å². The zero-order chi connectivity index (χ0) is 21.2. The quantitative estimate of drug-likeness (QED) is 0.755. The van der Waals surface area contributed by atoms with E-state index in [1.807, 2.05) is 29.2 Å². The Morgan fingerprint density at radius 2 is 1.68 bits per heavy atom. The number of aromatic nitrogens is 2. The lowest BCUT2D eigenvalue weighted by molar-refractivity contribution is 0.0733. The zero-order valence-electron chi connectivity index (χ0n) is 18.3. The summed E-state index contributed by atoms with van der Waals surface area (Å²) < 4.78 is 5.31. The molecule has 0 atom stereocenters. The number of anilines is 2. The summed E-state index contributed by atoms with van der Waals surface area (Å²) in [6, 6.07) is 7.41. The van der Waals surface area contributed by atoms with Gasteiger partial charge in [-0.05, 0) is 50.3 Å². The highest BCUT2D eigenvalue weighted by molar-refractivity contribution is 5.94. The monoisotopic (exact) mass is 421 g/mol. The number of methoxy groups -OCH3 is 1. The summed E-state index contributed by atoms with van der Waals surface area (Å²) >= 11 is 0. The highest BCUT2D eigenvalue weighted by atomic mass is 16.5. The zero-order valence-corrected chi connectivity index (χ0v) is 18.3. The van der Waals surface area contributed by atoms with Crippen molar-refractivity contribution < 1.29 is 9.53 Å². The summed E-state index contributed by atoms with van der Waals surface area (Å²) in [5.41, 5.74) is 2.91. The van der Waals surface area contributed by atoms with Gasteiger partial charge in [-0.3, -0.25) is 4.79 Å². The molecule has 2 fully saturated rings. The third-order valence-corrected chi connectivity index (χ3v) is 6.68. The molecule has 0 N–H and O–H groups in total. The van der Waals surface area contributed by atoms with Crippen LogP contribution in [0.2, 0.25) is 0 Å². The van der Waals surface area contributed by atoms with E-state index in [9.17, 15) is 4.79 Å². The molecule has 1 amide bonds. The first-order valence-corrected chi connectivity index (χ1v) is 11.6. The van der Waals surface area contributed by atoms with E-state index in [-0.39, 0.29) is 5.91 Å². The van der Waals surface area contributed by atoms with Gasteiger partial charge in [0.1, 0.15) is 11.6 Å². The molecule has 3 aliphatic rings. The number of piperidine rings is 1. The van der Waals surface area contributed by atoms with Crippen molar-refractivity contribution in [3.8, 4) is 5.75 Å². The maximum absolute atomic E-state index is 13.2. The Kier molecular flexibility index (Phi) is 5.66. The molecule has 3 aliphatic heterocycles. The van der Waals surface area contributed by atoms with Gasteiger partial charge in [-0.15, -0.1) is 0 Å². The maximum atomic E-state index is 13.2. The van der Waals surface area contributed by atoms with Crippen LogP contribution in [0.3, 0.4) is 0 Å². The molecule has 2 saturated heterocycles. The smallest absolute Gasteiger partial charge is 0.254 e. The lowest BCUT2D eigenvalue weighted by Gasteiger charge is -2.35. The number of hydrogen-bond acceptors (Lipinski definition) is 6. The minimum absolute atomic E-state index is 0.0396.